The van der Waals surface area contributed by atoms with Crippen LogP contribution in [0.3, 0.4) is 0 Å². The van der Waals surface area contributed by atoms with Gasteiger partial charge in [0, 0.05) is 50.4 Å². The number of aromatic nitrogens is 2. The molecule has 1 aromatic heterocycles. The fourth-order valence-corrected chi connectivity index (χ4v) is 5.80. The minimum atomic E-state index is -3.80. The number of carbonyl (C=O) groups is 1. The Kier molecular flexibility index (Phi) is 5.78. The molecule has 0 fully saturated rings. The molecule has 0 bridgehead atoms. The molecule has 178 valence electrons. The van der Waals surface area contributed by atoms with Gasteiger partial charge in [-0.15, -0.1) is 0 Å². The summed E-state index contributed by atoms with van der Waals surface area (Å²) in [5.41, 5.74) is 3.86. The molecule has 2 aromatic carbocycles. The van der Waals surface area contributed by atoms with E-state index in [1.807, 2.05) is 31.2 Å². The first-order valence-electron chi connectivity index (χ1n) is 11.1. The summed E-state index contributed by atoms with van der Waals surface area (Å²) < 4.78 is 40.9. The van der Waals surface area contributed by atoms with E-state index in [-0.39, 0.29) is 23.0 Å². The number of carbonyl (C=O) groups excluding carboxylic acids is 1. The van der Waals surface area contributed by atoms with Crippen LogP contribution in [0.15, 0.2) is 47.4 Å². The van der Waals surface area contributed by atoms with E-state index in [0.29, 0.717) is 49.8 Å². The van der Waals surface area contributed by atoms with E-state index in [9.17, 15) is 13.2 Å². The lowest BCUT2D eigenvalue weighted by molar-refractivity contribution is 0.0943. The fourth-order valence-electron chi connectivity index (χ4n) is 4.38. The second-order valence-corrected chi connectivity index (χ2v) is 10.4. The second-order valence-electron chi connectivity index (χ2n) is 8.46. The number of benzene rings is 2. The molecule has 0 aliphatic carbocycles. The molecule has 10 heteroatoms. The van der Waals surface area contributed by atoms with E-state index in [1.165, 1.54) is 16.4 Å². The lowest BCUT2D eigenvalue weighted by Crippen LogP contribution is -2.37. The molecule has 0 atom stereocenters. The average molecular weight is 483 g/mol. The number of hydrogen-bond donors (Lipinski definition) is 1. The van der Waals surface area contributed by atoms with Crippen molar-refractivity contribution in [1.29, 1.82) is 0 Å². The first kappa shape index (κ1) is 22.4. The number of hydrogen-bond acceptors (Lipinski definition) is 6. The summed E-state index contributed by atoms with van der Waals surface area (Å²) in [4.78, 5) is 13.1. The van der Waals surface area contributed by atoms with Gasteiger partial charge < -0.3 is 14.8 Å². The number of nitrogens with one attached hydrogen (secondary N) is 1. The zero-order chi connectivity index (χ0) is 23.9. The van der Waals surface area contributed by atoms with Gasteiger partial charge in [-0.25, -0.2) is 8.42 Å². The third-order valence-corrected chi connectivity index (χ3v) is 7.95. The molecule has 3 heterocycles. The van der Waals surface area contributed by atoms with Gasteiger partial charge in [-0.3, -0.25) is 9.48 Å². The van der Waals surface area contributed by atoms with Gasteiger partial charge in [0.15, 0.2) is 17.2 Å². The Hall–Kier alpha value is -3.37. The van der Waals surface area contributed by atoms with Crippen molar-refractivity contribution < 1.29 is 22.7 Å². The number of aryl methyl sites for hydroxylation is 2. The van der Waals surface area contributed by atoms with Crippen LogP contribution >= 0.6 is 0 Å². The Balaban J connectivity index is 1.37. The van der Waals surface area contributed by atoms with Crippen molar-refractivity contribution in [2.45, 2.75) is 31.3 Å². The molecular weight excluding hydrogens is 456 g/mol. The van der Waals surface area contributed by atoms with E-state index in [2.05, 4.69) is 10.4 Å². The minimum Gasteiger partial charge on any atom is -0.486 e. The normalized spacial score (nSPS) is 15.6. The predicted octanol–water partition coefficient (Wildman–Crippen LogP) is 2.18. The van der Waals surface area contributed by atoms with Crippen molar-refractivity contribution in [3.8, 4) is 11.5 Å². The summed E-state index contributed by atoms with van der Waals surface area (Å²) >= 11 is 0. The molecule has 3 aromatic rings. The molecule has 1 amide bonds. The van der Waals surface area contributed by atoms with E-state index in [4.69, 9.17) is 9.47 Å². The van der Waals surface area contributed by atoms with Crippen LogP contribution in [-0.4, -0.2) is 48.2 Å². The highest BCUT2D eigenvalue weighted by Crippen LogP contribution is 2.34. The van der Waals surface area contributed by atoms with Crippen molar-refractivity contribution in [2.24, 2.45) is 7.05 Å². The number of nitrogens with zero attached hydrogens (tertiary/aromatic N) is 3. The van der Waals surface area contributed by atoms with E-state index >= 15 is 0 Å². The van der Waals surface area contributed by atoms with E-state index in [1.54, 1.807) is 17.8 Å². The molecule has 2 aliphatic heterocycles. The van der Waals surface area contributed by atoms with Gasteiger partial charge in [0.25, 0.3) is 5.91 Å². The summed E-state index contributed by atoms with van der Waals surface area (Å²) in [5.74, 6) is 0.630. The standard InChI is InChI=1S/C24H26N4O5S/c1-16-4-3-5-17(12-16)14-25-24(29)23-19-15-28(9-8-20(19)27(2)26-23)34(30,31)18-6-7-21-22(13-18)33-11-10-32-21/h3-7,12-13H,8-11,14-15H2,1-2H3,(H,25,29). The van der Waals surface area contributed by atoms with E-state index in [0.717, 1.165) is 16.8 Å². The second kappa shape index (κ2) is 8.77. The molecule has 34 heavy (non-hydrogen) atoms. The number of fused-ring (bicyclic) bond motifs is 2. The Bertz CT molecular complexity index is 1370. The SMILES string of the molecule is Cc1cccc(CNC(=O)c2nn(C)c3c2CN(S(=O)(=O)c2ccc4c(c2)OCCO4)CC3)c1. The Labute approximate surface area is 198 Å². The van der Waals surface area contributed by atoms with Gasteiger partial charge in [0.1, 0.15) is 13.2 Å². The summed E-state index contributed by atoms with van der Waals surface area (Å²) in [5, 5.41) is 7.33. The highest BCUT2D eigenvalue weighted by Gasteiger charge is 2.34. The van der Waals surface area contributed by atoms with Gasteiger partial charge in [0.2, 0.25) is 10.0 Å². The van der Waals surface area contributed by atoms with Crippen LogP contribution in [0.5, 0.6) is 11.5 Å². The maximum absolute atomic E-state index is 13.4. The van der Waals surface area contributed by atoms with Crippen LogP contribution < -0.4 is 14.8 Å². The quantitative estimate of drug-likeness (QED) is 0.598. The Morgan fingerprint density at radius 2 is 1.91 bits per heavy atom. The fraction of sp³-hybridized carbons (Fsp3) is 0.333. The summed E-state index contributed by atoms with van der Waals surface area (Å²) in [6, 6.07) is 12.5. The van der Waals surface area contributed by atoms with E-state index < -0.39 is 10.0 Å². The molecule has 0 saturated heterocycles. The first-order chi connectivity index (χ1) is 16.3. The van der Waals surface area contributed by atoms with Gasteiger partial charge >= 0.3 is 0 Å². The summed E-state index contributed by atoms with van der Waals surface area (Å²) in [6.07, 6.45) is 0.466. The lowest BCUT2D eigenvalue weighted by atomic mass is 10.1. The third-order valence-electron chi connectivity index (χ3n) is 6.11. The van der Waals surface area contributed by atoms with Gasteiger partial charge in [-0.2, -0.15) is 9.40 Å². The molecular formula is C24H26N4O5S. The third kappa shape index (κ3) is 4.14. The zero-order valence-electron chi connectivity index (χ0n) is 19.1. The van der Waals surface area contributed by atoms with Crippen molar-refractivity contribution >= 4 is 15.9 Å². The molecule has 0 radical (unpaired) electrons. The summed E-state index contributed by atoms with van der Waals surface area (Å²) in [7, 11) is -2.02. The monoisotopic (exact) mass is 482 g/mol. The maximum atomic E-state index is 13.4. The largest absolute Gasteiger partial charge is 0.486 e. The van der Waals surface area contributed by atoms with Gasteiger partial charge in [-0.05, 0) is 24.6 Å². The number of amides is 1. The maximum Gasteiger partial charge on any atom is 0.272 e. The van der Waals surface area contributed by atoms with Crippen molar-refractivity contribution in [2.75, 3.05) is 19.8 Å². The zero-order valence-corrected chi connectivity index (χ0v) is 19.9. The molecule has 9 nitrogen and oxygen atoms in total. The Morgan fingerprint density at radius 3 is 2.71 bits per heavy atom. The highest BCUT2D eigenvalue weighted by molar-refractivity contribution is 7.89. The van der Waals surface area contributed by atoms with Gasteiger partial charge in [-0.1, -0.05) is 29.8 Å². The van der Waals surface area contributed by atoms with Crippen LogP contribution in [0.2, 0.25) is 0 Å². The smallest absolute Gasteiger partial charge is 0.272 e. The molecule has 2 aliphatic rings. The number of rotatable bonds is 5. The van der Waals surface area contributed by atoms with Crippen LogP contribution in [0.25, 0.3) is 0 Å². The van der Waals surface area contributed by atoms with Crippen molar-refractivity contribution in [3.63, 3.8) is 0 Å². The molecule has 5 rings (SSSR count). The van der Waals surface area contributed by atoms with Crippen LogP contribution in [0.1, 0.15) is 32.9 Å². The van der Waals surface area contributed by atoms with Crippen molar-refractivity contribution in [3.05, 3.63) is 70.5 Å². The van der Waals surface area contributed by atoms with Crippen molar-refractivity contribution in [1.82, 2.24) is 19.4 Å². The van der Waals surface area contributed by atoms with Crippen LogP contribution in [0.4, 0.5) is 0 Å². The van der Waals surface area contributed by atoms with Gasteiger partial charge in [0.05, 0.1) is 4.90 Å². The minimum absolute atomic E-state index is 0.0765. The molecule has 0 unspecified atom stereocenters. The number of ether oxygens (including phenoxy) is 2. The molecule has 1 N–H and O–H groups in total. The average Bonchev–Trinajstić information content (AvgIpc) is 3.18. The van der Waals surface area contributed by atoms with Crippen LogP contribution in [-0.2, 0) is 36.6 Å². The Morgan fingerprint density at radius 1 is 1.12 bits per heavy atom. The molecule has 0 spiro atoms. The highest BCUT2D eigenvalue weighted by atomic mass is 32.2. The molecule has 0 saturated carbocycles. The summed E-state index contributed by atoms with van der Waals surface area (Å²) in [6.45, 7) is 3.55. The topological polar surface area (TPSA) is 103 Å². The first-order valence-corrected chi connectivity index (χ1v) is 12.6. The predicted molar refractivity (Wildman–Crippen MR) is 124 cm³/mol. The van der Waals surface area contributed by atoms with Crippen LogP contribution in [0, 0.1) is 6.92 Å². The number of sulfonamides is 1. The lowest BCUT2D eigenvalue weighted by Gasteiger charge is -2.27.